The Labute approximate surface area is 166 Å². The van der Waals surface area contributed by atoms with Gasteiger partial charge in [-0.2, -0.15) is 0 Å². The van der Waals surface area contributed by atoms with Gasteiger partial charge in [0, 0.05) is 18.6 Å². The molecule has 0 amide bonds. The van der Waals surface area contributed by atoms with E-state index in [1.165, 1.54) is 0 Å². The first-order chi connectivity index (χ1) is 14.3. The lowest BCUT2D eigenvalue weighted by Gasteiger charge is -2.23. The van der Waals surface area contributed by atoms with Gasteiger partial charge in [-0.15, -0.1) is 0 Å². The second-order valence-corrected chi connectivity index (χ2v) is 12.8. The Morgan fingerprint density at radius 2 is 1.73 bits per heavy atom. The molecule has 0 N–H and O–H groups in total. The highest BCUT2D eigenvalue weighted by Crippen LogP contribution is 2.24. The largest absolute Gasteiger partial charge is 0.256 e. The number of hydrogen-bond donors (Lipinski definition) is 0. The van der Waals surface area contributed by atoms with Crippen molar-refractivity contribution >= 4 is 13.3 Å². The molecule has 0 aliphatic carbocycles. The number of rotatable bonds is 5. The Balaban J connectivity index is 2.12. The third kappa shape index (κ3) is 4.31. The van der Waals surface area contributed by atoms with Crippen molar-refractivity contribution in [3.05, 3.63) is 83.6 Å². The van der Waals surface area contributed by atoms with E-state index in [9.17, 15) is 0 Å². The first kappa shape index (κ1) is 13.0. The van der Waals surface area contributed by atoms with E-state index in [1.54, 1.807) is 24.3 Å². The molecule has 3 rings (SSSR count). The maximum absolute atomic E-state index is 9.09. The van der Waals surface area contributed by atoms with E-state index in [-0.39, 0.29) is 11.5 Å². The molecule has 1 unspecified atom stereocenters. The summed E-state index contributed by atoms with van der Waals surface area (Å²) in [4.78, 5) is 4.64. The van der Waals surface area contributed by atoms with Crippen molar-refractivity contribution in [2.45, 2.75) is 45.7 Å². The van der Waals surface area contributed by atoms with Gasteiger partial charge in [-0.05, 0) is 41.5 Å². The van der Waals surface area contributed by atoms with Gasteiger partial charge in [0.25, 0.3) is 0 Å². The van der Waals surface area contributed by atoms with Crippen molar-refractivity contribution in [3.63, 3.8) is 0 Å². The summed E-state index contributed by atoms with van der Waals surface area (Å²) in [5.41, 5.74) is 3.34. The predicted octanol–water partition coefficient (Wildman–Crippen LogP) is 5.95. The Kier molecular flexibility index (Phi) is 3.81. The lowest BCUT2D eigenvalue weighted by Crippen LogP contribution is -2.40. The normalized spacial score (nSPS) is 16.7. The van der Waals surface area contributed by atoms with E-state index in [2.05, 4.69) is 24.6 Å². The summed E-state index contributed by atoms with van der Waals surface area (Å²) in [5.74, 6) is -0.336. The maximum Gasteiger partial charge on any atom is 0.0799 e. The number of aryl methyl sites for hydroxylation is 1. The van der Waals surface area contributed by atoms with E-state index in [1.807, 2.05) is 49.5 Å². The number of aromatic nitrogens is 1. The van der Waals surface area contributed by atoms with Crippen LogP contribution in [-0.2, 0) is 6.37 Å². The van der Waals surface area contributed by atoms with Crippen LogP contribution in [0.5, 0.6) is 0 Å². The molecule has 1 heterocycles. The van der Waals surface area contributed by atoms with Crippen LogP contribution in [0.2, 0.25) is 19.6 Å². The highest BCUT2D eigenvalue weighted by atomic mass is 28.3. The maximum atomic E-state index is 9.09. The quantitative estimate of drug-likeness (QED) is 0.510. The summed E-state index contributed by atoms with van der Waals surface area (Å²) in [7, 11) is -1.87. The molecule has 1 nitrogen and oxygen atoms in total. The topological polar surface area (TPSA) is 12.9 Å². The Morgan fingerprint density at radius 3 is 2.35 bits per heavy atom. The predicted molar refractivity (Wildman–Crippen MR) is 116 cm³/mol. The van der Waals surface area contributed by atoms with E-state index in [4.69, 9.17) is 6.85 Å². The van der Waals surface area contributed by atoms with Crippen molar-refractivity contribution < 1.29 is 6.85 Å². The highest BCUT2D eigenvalue weighted by Gasteiger charge is 2.22. The zero-order valence-electron chi connectivity index (χ0n) is 20.9. The van der Waals surface area contributed by atoms with Crippen LogP contribution in [-0.4, -0.2) is 13.1 Å². The van der Waals surface area contributed by atoms with Crippen molar-refractivity contribution in [1.29, 1.82) is 0 Å². The lowest BCUT2D eigenvalue weighted by atomic mass is 9.93. The van der Waals surface area contributed by atoms with E-state index >= 15 is 0 Å². The Morgan fingerprint density at radius 1 is 1.04 bits per heavy atom. The van der Waals surface area contributed by atoms with Crippen LogP contribution < -0.4 is 5.19 Å². The third-order valence-electron chi connectivity index (χ3n) is 4.56. The minimum absolute atomic E-state index is 0.281. The number of nitrogens with zero attached hydrogens (tertiary/aromatic N) is 1. The monoisotopic (exact) mass is 364 g/mol. The van der Waals surface area contributed by atoms with Gasteiger partial charge >= 0.3 is 0 Å². The van der Waals surface area contributed by atoms with Crippen LogP contribution in [0.25, 0.3) is 11.3 Å². The van der Waals surface area contributed by atoms with Crippen molar-refractivity contribution in [1.82, 2.24) is 4.98 Å². The molecule has 134 valence electrons. The van der Waals surface area contributed by atoms with Crippen LogP contribution in [0.15, 0.2) is 66.9 Å². The van der Waals surface area contributed by atoms with Crippen molar-refractivity contribution in [2.24, 2.45) is 0 Å². The molecule has 2 heteroatoms. The molecule has 0 aliphatic heterocycles. The van der Waals surface area contributed by atoms with Crippen molar-refractivity contribution in [2.75, 3.05) is 0 Å². The Bertz CT molecular complexity index is 1040. The fraction of sp³-hybridized carbons (Fsp3) is 0.292. The highest BCUT2D eigenvalue weighted by molar-refractivity contribution is 6.89. The van der Waals surface area contributed by atoms with Crippen LogP contribution in [0.1, 0.15) is 36.4 Å². The van der Waals surface area contributed by atoms with Gasteiger partial charge in [0.2, 0.25) is 0 Å². The second-order valence-electron chi connectivity index (χ2n) is 7.72. The molecule has 0 radical (unpaired) electrons. The Hall–Kier alpha value is -2.19. The molecule has 1 aromatic heterocycles. The fourth-order valence-corrected chi connectivity index (χ4v) is 4.43. The molecular formula is C24H29NSi. The van der Waals surface area contributed by atoms with Gasteiger partial charge in [0.15, 0.2) is 0 Å². The van der Waals surface area contributed by atoms with Crippen LogP contribution in [0.3, 0.4) is 0 Å². The SMILES string of the molecule is [2H]C([2H])([2H])c1ccc(-c2cc(C([2H])([2H])C(C)c3ccccc3)c([Si](C)(C)C)cn2)cc1. The molecule has 0 bridgehead atoms. The summed E-state index contributed by atoms with van der Waals surface area (Å²) < 4.78 is 40.9. The minimum atomic E-state index is -2.15. The molecular weight excluding hydrogens is 330 g/mol. The minimum Gasteiger partial charge on any atom is -0.256 e. The van der Waals surface area contributed by atoms with Gasteiger partial charge in [0.1, 0.15) is 0 Å². The average Bonchev–Trinajstić information content (AvgIpc) is 2.72. The average molecular weight is 365 g/mol. The number of hydrogen-bond acceptors (Lipinski definition) is 1. The summed E-state index contributed by atoms with van der Waals surface area (Å²) >= 11 is 0. The molecule has 0 saturated heterocycles. The van der Waals surface area contributed by atoms with Crippen molar-refractivity contribution in [3.8, 4) is 11.3 Å². The molecule has 2 aromatic carbocycles. The fourth-order valence-electron chi connectivity index (χ4n) is 3.03. The zero-order valence-corrected chi connectivity index (χ0v) is 16.9. The van der Waals surface area contributed by atoms with E-state index in [0.717, 1.165) is 16.3 Å². The molecule has 0 spiro atoms. The van der Waals surface area contributed by atoms with Crippen LogP contribution in [0.4, 0.5) is 0 Å². The summed E-state index contributed by atoms with van der Waals surface area (Å²) in [6, 6.07) is 18.3. The molecule has 26 heavy (non-hydrogen) atoms. The van der Waals surface area contributed by atoms with E-state index in [0.29, 0.717) is 11.3 Å². The van der Waals surface area contributed by atoms with Gasteiger partial charge in [-0.3, -0.25) is 4.98 Å². The summed E-state index contributed by atoms with van der Waals surface area (Å²) in [6.07, 6.45) is 0.234. The van der Waals surface area contributed by atoms with E-state index < -0.39 is 21.3 Å². The zero-order chi connectivity index (χ0) is 23.0. The summed E-state index contributed by atoms with van der Waals surface area (Å²) in [6.45, 7) is 6.36. The van der Waals surface area contributed by atoms with Crippen LogP contribution in [0, 0.1) is 6.85 Å². The molecule has 0 aliphatic rings. The second kappa shape index (κ2) is 7.59. The van der Waals surface area contributed by atoms with Gasteiger partial charge in [0.05, 0.1) is 13.8 Å². The van der Waals surface area contributed by atoms with Gasteiger partial charge in [-0.25, -0.2) is 0 Å². The molecule has 0 saturated carbocycles. The smallest absolute Gasteiger partial charge is 0.0799 e. The first-order valence-electron chi connectivity index (χ1n) is 11.5. The van der Waals surface area contributed by atoms with Gasteiger partial charge < -0.3 is 0 Å². The standard InChI is InChI=1S/C24H29NSi/c1-18-11-13-21(14-12-18)23-16-22(24(17-25-23)26(3,4)5)15-19(2)20-9-7-6-8-10-20/h6-14,16-17,19H,15H2,1-5H3/i1D3,15D2. The third-order valence-corrected chi connectivity index (χ3v) is 6.58. The van der Waals surface area contributed by atoms with Crippen LogP contribution >= 0.6 is 0 Å². The molecule has 1 atom stereocenters. The van der Waals surface area contributed by atoms with Gasteiger partial charge in [-0.1, -0.05) is 86.7 Å². The number of benzene rings is 2. The number of pyridine rings is 1. The first-order valence-corrected chi connectivity index (χ1v) is 12.5. The molecule has 3 aromatic rings. The summed E-state index contributed by atoms with van der Waals surface area (Å²) in [5, 5.41) is 1.00. The lowest BCUT2D eigenvalue weighted by molar-refractivity contribution is 0.761. The molecule has 0 fully saturated rings.